The van der Waals surface area contributed by atoms with Gasteiger partial charge in [0.05, 0.1) is 0 Å². The minimum absolute atomic E-state index is 0.177. The zero-order chi connectivity index (χ0) is 23.5. The van der Waals surface area contributed by atoms with Crippen LogP contribution in [0.25, 0.3) is 5.53 Å². The molecule has 11 heteroatoms. The summed E-state index contributed by atoms with van der Waals surface area (Å²) in [6.45, 7) is 20.3. The first-order valence-electron chi connectivity index (χ1n) is 9.58. The Morgan fingerprint density at radius 2 is 1.48 bits per heavy atom. The van der Waals surface area contributed by atoms with E-state index in [-0.39, 0.29) is 11.6 Å². The first-order chi connectivity index (χ1) is 12.8. The molecule has 170 valence electrons. The Morgan fingerprint density at radius 1 is 1.03 bits per heavy atom. The molecular formula is C18H39N2O6PSi2. The van der Waals surface area contributed by atoms with Crippen LogP contribution in [0.15, 0.2) is 0 Å². The molecule has 0 aromatic rings. The molecule has 0 radical (unpaired) electrons. The molecule has 0 spiro atoms. The molecule has 29 heavy (non-hydrogen) atoms. The second-order valence-corrected chi connectivity index (χ2v) is 21.7. The van der Waals surface area contributed by atoms with E-state index in [0.717, 1.165) is 14.2 Å². The molecule has 0 aromatic heterocycles. The molecule has 0 aliphatic heterocycles. The maximum absolute atomic E-state index is 13.4. The van der Waals surface area contributed by atoms with Gasteiger partial charge in [0.25, 0.3) is 5.78 Å². The maximum atomic E-state index is 13.4. The van der Waals surface area contributed by atoms with Crippen molar-refractivity contribution in [3.05, 3.63) is 5.53 Å². The van der Waals surface area contributed by atoms with E-state index in [1.54, 1.807) is 0 Å². The number of nitrogens with zero attached hydrogens (tertiary/aromatic N) is 2. The molecule has 0 fully saturated rings. The molecule has 0 bridgehead atoms. The smallest absolute Gasteiger partial charge is 0.417 e. The van der Waals surface area contributed by atoms with Crippen molar-refractivity contribution in [3.63, 3.8) is 0 Å². The van der Waals surface area contributed by atoms with Gasteiger partial charge in [0.2, 0.25) is 0 Å². The molecule has 0 rings (SSSR count). The lowest BCUT2D eigenvalue weighted by Crippen LogP contribution is -2.54. The molecule has 0 aromatic carbocycles. The van der Waals surface area contributed by atoms with Crippen molar-refractivity contribution in [2.24, 2.45) is 5.41 Å². The summed E-state index contributed by atoms with van der Waals surface area (Å²) in [4.78, 5) is 16.4. The van der Waals surface area contributed by atoms with E-state index >= 15 is 0 Å². The topological polar surface area (TPSA) is 107 Å². The third-order valence-electron chi connectivity index (χ3n) is 5.10. The molecule has 0 N–H and O–H groups in total. The molecule has 0 saturated heterocycles. The Kier molecular flexibility index (Phi) is 9.64. The SMILES string of the molecule is COP(=O)(OC)C(=[N+]=[N-])C(=O)[C@H](O[Si](C)(C)C(C)(C)C)C(C)(C)CO[Si](C)(C)C. The van der Waals surface area contributed by atoms with Gasteiger partial charge < -0.3 is 23.4 Å². The number of hydrogen-bond donors (Lipinski definition) is 0. The average Bonchev–Trinajstić information content (AvgIpc) is 2.56. The van der Waals surface area contributed by atoms with Gasteiger partial charge in [0.15, 0.2) is 16.6 Å². The van der Waals surface area contributed by atoms with Gasteiger partial charge in [-0.15, -0.1) is 0 Å². The van der Waals surface area contributed by atoms with Crippen LogP contribution in [0.4, 0.5) is 0 Å². The van der Waals surface area contributed by atoms with Crippen LogP contribution in [0.2, 0.25) is 37.8 Å². The van der Waals surface area contributed by atoms with Crippen molar-refractivity contribution < 1.29 is 32.0 Å². The van der Waals surface area contributed by atoms with Crippen molar-refractivity contribution in [1.82, 2.24) is 0 Å². The van der Waals surface area contributed by atoms with E-state index in [0.29, 0.717) is 0 Å². The van der Waals surface area contributed by atoms with Gasteiger partial charge in [-0.1, -0.05) is 34.6 Å². The molecular weight excluding hydrogens is 427 g/mol. The Hall–Kier alpha value is -0.446. The van der Waals surface area contributed by atoms with Crippen LogP contribution in [-0.4, -0.2) is 59.6 Å². The van der Waals surface area contributed by atoms with Crippen LogP contribution < -0.4 is 0 Å². The Balaban J connectivity index is 6.34. The minimum atomic E-state index is -4.07. The predicted octanol–water partition coefficient (Wildman–Crippen LogP) is 4.94. The van der Waals surface area contributed by atoms with E-state index in [2.05, 4.69) is 45.2 Å². The summed E-state index contributed by atoms with van der Waals surface area (Å²) in [5, 5.41) is -0.177. The molecule has 0 saturated carbocycles. The van der Waals surface area contributed by atoms with Gasteiger partial charge in [-0.05, 0) is 37.8 Å². The molecule has 8 nitrogen and oxygen atoms in total. The van der Waals surface area contributed by atoms with Crippen molar-refractivity contribution in [3.8, 4) is 0 Å². The highest BCUT2D eigenvalue weighted by Crippen LogP contribution is 2.49. The lowest BCUT2D eigenvalue weighted by atomic mass is 9.85. The van der Waals surface area contributed by atoms with E-state index in [1.807, 2.05) is 26.9 Å². The summed E-state index contributed by atoms with van der Waals surface area (Å²) in [7, 11) is -6.11. The minimum Gasteiger partial charge on any atom is -0.417 e. The van der Waals surface area contributed by atoms with E-state index in [4.69, 9.17) is 17.9 Å². The van der Waals surface area contributed by atoms with Gasteiger partial charge in [0, 0.05) is 26.2 Å². The average molecular weight is 467 g/mol. The zero-order valence-corrected chi connectivity index (χ0v) is 23.0. The monoisotopic (exact) mass is 466 g/mol. The van der Waals surface area contributed by atoms with Gasteiger partial charge in [-0.25, -0.2) is 4.57 Å². The van der Waals surface area contributed by atoms with Crippen LogP contribution in [0.3, 0.4) is 0 Å². The van der Waals surface area contributed by atoms with Gasteiger partial charge in [-0.2, -0.15) is 4.79 Å². The summed E-state index contributed by atoms with van der Waals surface area (Å²) in [5.74, 6) is -0.728. The summed E-state index contributed by atoms with van der Waals surface area (Å²) < 4.78 is 35.1. The standard InChI is InChI=1S/C18H39N2O6PSi2/c1-17(2,3)29(11,12)26-15(18(4,5)13-25-28(8,9)10)14(21)16(20-19)27(22,23-6)24-7/h15H,13H2,1-12H3/t15-/m0/s1. The Bertz CT molecular complexity index is 683. The summed E-state index contributed by atoms with van der Waals surface area (Å²) in [6, 6.07) is 0. The highest BCUT2D eigenvalue weighted by atomic mass is 31.2. The first kappa shape index (κ1) is 28.6. The Labute approximate surface area is 178 Å². The summed E-state index contributed by atoms with van der Waals surface area (Å²) in [6.07, 6.45) is -1.05. The van der Waals surface area contributed by atoms with E-state index in [9.17, 15) is 14.9 Å². The molecule has 0 unspecified atom stereocenters. The highest BCUT2D eigenvalue weighted by Gasteiger charge is 2.54. The molecule has 0 heterocycles. The Morgan fingerprint density at radius 3 is 1.79 bits per heavy atom. The third-order valence-corrected chi connectivity index (χ3v) is 12.3. The fourth-order valence-electron chi connectivity index (χ4n) is 2.12. The fourth-order valence-corrected chi connectivity index (χ4v) is 5.29. The molecule has 0 amide bonds. The van der Waals surface area contributed by atoms with E-state index < -0.39 is 47.0 Å². The summed E-state index contributed by atoms with van der Waals surface area (Å²) >= 11 is 0. The van der Waals surface area contributed by atoms with Crippen LogP contribution in [0.5, 0.6) is 0 Å². The maximum Gasteiger partial charge on any atom is 0.446 e. The summed E-state index contributed by atoms with van der Waals surface area (Å²) in [5.41, 5.74) is 8.04. The van der Waals surface area contributed by atoms with Crippen molar-refractivity contribution in [1.29, 1.82) is 0 Å². The van der Waals surface area contributed by atoms with Gasteiger partial charge in [-0.3, -0.25) is 4.79 Å². The lowest BCUT2D eigenvalue weighted by Gasteiger charge is -2.43. The van der Waals surface area contributed by atoms with Crippen molar-refractivity contribution >= 4 is 35.5 Å². The van der Waals surface area contributed by atoms with Crippen LogP contribution in [-0.2, 0) is 27.3 Å². The lowest BCUT2D eigenvalue weighted by molar-refractivity contribution is -0.130. The fraction of sp³-hybridized carbons (Fsp3) is 0.889. The number of carbonyl (C=O) groups excluding carboxylic acids is 1. The first-order valence-corrected chi connectivity index (χ1v) is 17.4. The second-order valence-electron chi connectivity index (χ2n) is 10.3. The molecule has 0 aliphatic carbocycles. The number of ketones is 1. The second kappa shape index (κ2) is 9.79. The number of Topliss-reactive ketones (excluding diaryl/α,β-unsaturated/α-hetero) is 1. The van der Waals surface area contributed by atoms with Crippen LogP contribution in [0.1, 0.15) is 34.6 Å². The van der Waals surface area contributed by atoms with Crippen LogP contribution in [0, 0.1) is 5.41 Å². The van der Waals surface area contributed by atoms with Crippen molar-refractivity contribution in [2.45, 2.75) is 78.5 Å². The quantitative estimate of drug-likeness (QED) is 0.140. The van der Waals surface area contributed by atoms with Gasteiger partial charge in [0.1, 0.15) is 6.10 Å². The van der Waals surface area contributed by atoms with Crippen molar-refractivity contribution in [2.75, 3.05) is 20.8 Å². The van der Waals surface area contributed by atoms with E-state index in [1.165, 1.54) is 0 Å². The molecule has 0 aliphatic rings. The van der Waals surface area contributed by atoms with Crippen LogP contribution >= 0.6 is 7.60 Å². The predicted molar refractivity (Wildman–Crippen MR) is 120 cm³/mol. The third kappa shape index (κ3) is 7.63. The largest absolute Gasteiger partial charge is 0.446 e. The highest BCUT2D eigenvalue weighted by molar-refractivity contribution is 7.74. The van der Waals surface area contributed by atoms with Gasteiger partial charge >= 0.3 is 13.0 Å². The normalized spacial score (nSPS) is 15.0. The number of hydrogen-bond acceptors (Lipinski definition) is 6. The number of rotatable bonds is 11. The number of carbonyl (C=O) groups is 1. The molecule has 1 atom stereocenters. The zero-order valence-electron chi connectivity index (χ0n) is 20.1.